The molecule has 1 aromatic heterocycles. The van der Waals surface area contributed by atoms with Crippen molar-refractivity contribution in [2.24, 2.45) is 5.92 Å². The number of carbonyl (C=O) groups excluding carboxylic acids is 2. The average Bonchev–Trinajstić information content (AvgIpc) is 2.56. The van der Waals surface area contributed by atoms with Crippen molar-refractivity contribution in [3.05, 3.63) is 30.1 Å². The summed E-state index contributed by atoms with van der Waals surface area (Å²) in [6.07, 6.45) is -4.70. The summed E-state index contributed by atoms with van der Waals surface area (Å²) in [5.74, 6) is -1.94. The molecular formula is C16H17F3N4O2S. The molecule has 1 heterocycles. The van der Waals surface area contributed by atoms with E-state index in [0.717, 1.165) is 11.8 Å². The molecule has 0 aliphatic carbocycles. The maximum absolute atomic E-state index is 13.0. The minimum Gasteiger partial charge on any atom is -0.338 e. The van der Waals surface area contributed by atoms with Gasteiger partial charge in [-0.3, -0.25) is 10.1 Å². The van der Waals surface area contributed by atoms with Gasteiger partial charge in [0.15, 0.2) is 0 Å². The molecule has 2 aromatic rings. The quantitative estimate of drug-likeness (QED) is 0.609. The van der Waals surface area contributed by atoms with E-state index in [2.05, 4.69) is 20.6 Å². The maximum atomic E-state index is 13.0. The van der Waals surface area contributed by atoms with Gasteiger partial charge in [0.2, 0.25) is 11.7 Å². The number of thioether (sulfide) groups is 1. The summed E-state index contributed by atoms with van der Waals surface area (Å²) in [6, 6.07) is 5.58. The van der Waals surface area contributed by atoms with E-state index in [0.29, 0.717) is 11.9 Å². The second-order valence-corrected chi connectivity index (χ2v) is 6.77. The third-order valence-electron chi connectivity index (χ3n) is 3.09. The summed E-state index contributed by atoms with van der Waals surface area (Å²) in [7, 11) is 0. The van der Waals surface area contributed by atoms with Gasteiger partial charge >= 0.3 is 12.2 Å². The van der Waals surface area contributed by atoms with E-state index in [9.17, 15) is 22.8 Å². The van der Waals surface area contributed by atoms with Crippen LogP contribution in [0.15, 0.2) is 29.3 Å². The van der Waals surface area contributed by atoms with Crippen molar-refractivity contribution >= 4 is 34.6 Å². The Kier molecular flexibility index (Phi) is 6.41. The van der Waals surface area contributed by atoms with E-state index < -0.39 is 23.9 Å². The second-order valence-electron chi connectivity index (χ2n) is 5.81. The number of fused-ring (bicyclic) bond motifs is 1. The molecule has 2 N–H and O–H groups in total. The molecule has 6 nitrogen and oxygen atoms in total. The smallest absolute Gasteiger partial charge is 0.338 e. The van der Waals surface area contributed by atoms with Crippen LogP contribution in [-0.2, 0) is 11.0 Å². The van der Waals surface area contributed by atoms with Gasteiger partial charge < -0.3 is 5.32 Å². The lowest BCUT2D eigenvalue weighted by Gasteiger charge is -2.11. The van der Waals surface area contributed by atoms with Crippen molar-refractivity contribution < 1.29 is 22.8 Å². The van der Waals surface area contributed by atoms with Gasteiger partial charge in [-0.1, -0.05) is 43.8 Å². The Morgan fingerprint density at radius 3 is 2.54 bits per heavy atom. The Morgan fingerprint density at radius 2 is 1.88 bits per heavy atom. The Morgan fingerprint density at radius 1 is 1.19 bits per heavy atom. The van der Waals surface area contributed by atoms with Crippen LogP contribution in [0, 0.1) is 5.92 Å². The SMILES string of the molecule is CC(C)CNC(=O)NC(=O)CSc1nc(C(F)(F)F)nc2ccccc12. The number of halogens is 3. The molecular weight excluding hydrogens is 369 g/mol. The number of nitrogens with one attached hydrogen (secondary N) is 2. The van der Waals surface area contributed by atoms with Crippen LogP contribution in [0.3, 0.4) is 0 Å². The largest absolute Gasteiger partial charge is 0.451 e. The molecule has 0 bridgehead atoms. The molecule has 26 heavy (non-hydrogen) atoms. The molecule has 0 radical (unpaired) electrons. The molecule has 3 amide bonds. The molecule has 0 aliphatic rings. The fraction of sp³-hybridized carbons (Fsp3) is 0.375. The highest BCUT2D eigenvalue weighted by Gasteiger charge is 2.35. The Bertz CT molecular complexity index is 812. The van der Waals surface area contributed by atoms with Gasteiger partial charge in [-0.05, 0) is 12.0 Å². The van der Waals surface area contributed by atoms with Crippen molar-refractivity contribution in [2.75, 3.05) is 12.3 Å². The van der Waals surface area contributed by atoms with Crippen molar-refractivity contribution in [1.29, 1.82) is 0 Å². The van der Waals surface area contributed by atoms with Gasteiger partial charge in [-0.2, -0.15) is 13.2 Å². The van der Waals surface area contributed by atoms with Gasteiger partial charge in [-0.25, -0.2) is 14.8 Å². The van der Waals surface area contributed by atoms with Gasteiger partial charge in [0.25, 0.3) is 0 Å². The van der Waals surface area contributed by atoms with Crippen LogP contribution in [0.4, 0.5) is 18.0 Å². The van der Waals surface area contributed by atoms with Gasteiger partial charge in [0, 0.05) is 11.9 Å². The zero-order valence-corrected chi connectivity index (χ0v) is 14.9. The maximum Gasteiger partial charge on any atom is 0.451 e. The van der Waals surface area contributed by atoms with Crippen LogP contribution >= 0.6 is 11.8 Å². The lowest BCUT2D eigenvalue weighted by atomic mass is 10.2. The third kappa shape index (κ3) is 5.58. The molecule has 0 saturated heterocycles. The summed E-state index contributed by atoms with van der Waals surface area (Å²) in [6.45, 7) is 4.20. The first-order valence-corrected chi connectivity index (χ1v) is 8.70. The average molecular weight is 386 g/mol. The normalized spacial score (nSPS) is 11.6. The Labute approximate surface area is 152 Å². The Hall–Kier alpha value is -2.36. The van der Waals surface area contributed by atoms with Crippen molar-refractivity contribution in [3.63, 3.8) is 0 Å². The number of nitrogens with zero attached hydrogens (tertiary/aromatic N) is 2. The lowest BCUT2D eigenvalue weighted by Crippen LogP contribution is -2.41. The number of rotatable bonds is 5. The molecule has 2 rings (SSSR count). The van der Waals surface area contributed by atoms with Gasteiger partial charge in [0.1, 0.15) is 5.03 Å². The predicted octanol–water partition coefficient (Wildman–Crippen LogP) is 3.22. The van der Waals surface area contributed by atoms with E-state index in [1.807, 2.05) is 13.8 Å². The number of hydrogen-bond acceptors (Lipinski definition) is 5. The van der Waals surface area contributed by atoms with Crippen molar-refractivity contribution in [1.82, 2.24) is 20.6 Å². The van der Waals surface area contributed by atoms with Crippen LogP contribution in [-0.4, -0.2) is 34.2 Å². The molecule has 10 heteroatoms. The minimum atomic E-state index is -4.70. The number of aromatic nitrogens is 2. The Balaban J connectivity index is 2.10. The van der Waals surface area contributed by atoms with E-state index in [1.165, 1.54) is 6.07 Å². The van der Waals surface area contributed by atoms with E-state index >= 15 is 0 Å². The number of urea groups is 1. The van der Waals surface area contributed by atoms with Gasteiger partial charge in [0.05, 0.1) is 11.3 Å². The molecule has 1 aromatic carbocycles. The summed E-state index contributed by atoms with van der Waals surface area (Å²) in [5, 5.41) is 5.07. The summed E-state index contributed by atoms with van der Waals surface area (Å²) < 4.78 is 38.9. The first kappa shape index (κ1) is 20.0. The molecule has 0 fully saturated rings. The standard InChI is InChI=1S/C16H17F3N4O2S/c1-9(2)7-20-15(25)22-12(24)8-26-13-10-5-3-4-6-11(10)21-14(23-13)16(17,18)19/h3-6,9H,7-8H2,1-2H3,(H2,20,22,24,25). The molecule has 140 valence electrons. The topological polar surface area (TPSA) is 84.0 Å². The molecule has 0 aliphatic heterocycles. The number of alkyl halides is 3. The summed E-state index contributed by atoms with van der Waals surface area (Å²) >= 11 is 0.812. The number of imide groups is 1. The molecule has 0 unspecified atom stereocenters. The zero-order valence-electron chi connectivity index (χ0n) is 14.1. The van der Waals surface area contributed by atoms with Crippen LogP contribution < -0.4 is 10.6 Å². The van der Waals surface area contributed by atoms with E-state index in [-0.39, 0.29) is 22.2 Å². The van der Waals surface area contributed by atoms with Gasteiger partial charge in [-0.15, -0.1) is 0 Å². The van der Waals surface area contributed by atoms with Crippen LogP contribution in [0.1, 0.15) is 19.7 Å². The molecule has 0 saturated carbocycles. The number of amides is 3. The fourth-order valence-corrected chi connectivity index (χ4v) is 2.74. The summed E-state index contributed by atoms with van der Waals surface area (Å²) in [4.78, 5) is 30.4. The van der Waals surface area contributed by atoms with Crippen LogP contribution in [0.5, 0.6) is 0 Å². The third-order valence-corrected chi connectivity index (χ3v) is 4.08. The number of para-hydroxylation sites is 1. The first-order chi connectivity index (χ1) is 12.2. The highest BCUT2D eigenvalue weighted by atomic mass is 32.2. The van der Waals surface area contributed by atoms with E-state index in [1.54, 1.807) is 18.2 Å². The van der Waals surface area contributed by atoms with Crippen molar-refractivity contribution in [2.45, 2.75) is 25.0 Å². The molecule has 0 atom stereocenters. The lowest BCUT2D eigenvalue weighted by molar-refractivity contribution is -0.145. The number of hydrogen-bond donors (Lipinski definition) is 2. The zero-order chi connectivity index (χ0) is 19.3. The highest BCUT2D eigenvalue weighted by molar-refractivity contribution is 8.00. The number of carbonyl (C=O) groups is 2. The predicted molar refractivity (Wildman–Crippen MR) is 91.6 cm³/mol. The first-order valence-electron chi connectivity index (χ1n) is 7.71. The minimum absolute atomic E-state index is 0.0284. The second kappa shape index (κ2) is 8.35. The van der Waals surface area contributed by atoms with Crippen LogP contribution in [0.2, 0.25) is 0 Å². The van der Waals surface area contributed by atoms with Crippen molar-refractivity contribution in [3.8, 4) is 0 Å². The monoisotopic (exact) mass is 386 g/mol. The summed E-state index contributed by atoms with van der Waals surface area (Å²) in [5.41, 5.74) is 0.132. The highest BCUT2D eigenvalue weighted by Crippen LogP contribution is 2.31. The fourth-order valence-electron chi connectivity index (χ4n) is 1.92. The molecule has 0 spiro atoms. The number of benzene rings is 1. The van der Waals surface area contributed by atoms with E-state index in [4.69, 9.17) is 0 Å². The van der Waals surface area contributed by atoms with Crippen LogP contribution in [0.25, 0.3) is 10.9 Å².